The lowest BCUT2D eigenvalue weighted by Crippen LogP contribution is -2.43. The van der Waals surface area contributed by atoms with Crippen LogP contribution in [0.2, 0.25) is 0 Å². The summed E-state index contributed by atoms with van der Waals surface area (Å²) in [7, 11) is 1.66. The summed E-state index contributed by atoms with van der Waals surface area (Å²) in [5.74, 6) is 3.00. The number of aromatic nitrogens is 2. The van der Waals surface area contributed by atoms with Gasteiger partial charge in [-0.3, -0.25) is 0 Å². The van der Waals surface area contributed by atoms with Crippen LogP contribution in [0.15, 0.2) is 72.8 Å². The first kappa shape index (κ1) is 24.2. The third-order valence-electron chi connectivity index (χ3n) is 7.62. The number of piperidine rings is 1. The van der Waals surface area contributed by atoms with Crippen LogP contribution >= 0.6 is 0 Å². The molecule has 2 aliphatic heterocycles. The summed E-state index contributed by atoms with van der Waals surface area (Å²) < 4.78 is 11.7. The van der Waals surface area contributed by atoms with Crippen molar-refractivity contribution in [1.29, 1.82) is 0 Å². The second-order valence-electron chi connectivity index (χ2n) is 10.2. The van der Waals surface area contributed by atoms with Crippen LogP contribution in [0.4, 0.5) is 29.0 Å². The van der Waals surface area contributed by atoms with E-state index >= 15 is 0 Å². The van der Waals surface area contributed by atoms with Crippen molar-refractivity contribution in [3.8, 4) is 5.75 Å². The van der Waals surface area contributed by atoms with Crippen LogP contribution in [-0.4, -0.2) is 30.2 Å². The fraction of sp³-hybridized carbons (Fsp3) is 0.290. The van der Waals surface area contributed by atoms with Crippen LogP contribution in [0.3, 0.4) is 0 Å². The van der Waals surface area contributed by atoms with Crippen molar-refractivity contribution < 1.29 is 9.47 Å². The number of anilines is 5. The van der Waals surface area contributed by atoms with E-state index in [1.165, 1.54) is 16.7 Å². The standard InChI is InChI=1S/C31H33N5O2/c1-21-8-9-22(2)27(18-21)33-28-19-29(35-30(34-28)32-24-10-12-25(37-3)13-11-24)36-16-14-31(15-17-36)26-7-5-4-6-23(26)20-38-31/h4-13,18-19H,14-17,20H2,1-3H3,(H2,32,33,34,35). The molecule has 3 heterocycles. The highest BCUT2D eigenvalue weighted by Crippen LogP contribution is 2.44. The minimum atomic E-state index is -0.190. The Morgan fingerprint density at radius 1 is 0.895 bits per heavy atom. The summed E-state index contributed by atoms with van der Waals surface area (Å²) >= 11 is 0. The first-order chi connectivity index (χ1) is 18.5. The molecule has 38 heavy (non-hydrogen) atoms. The molecule has 0 aliphatic carbocycles. The molecule has 1 aromatic heterocycles. The fourth-order valence-corrected chi connectivity index (χ4v) is 5.42. The molecule has 7 nitrogen and oxygen atoms in total. The molecule has 7 heteroatoms. The van der Waals surface area contributed by atoms with Crippen LogP contribution in [0.1, 0.15) is 35.1 Å². The van der Waals surface area contributed by atoms with Gasteiger partial charge in [-0.25, -0.2) is 0 Å². The van der Waals surface area contributed by atoms with Crippen molar-refractivity contribution in [2.75, 3.05) is 35.7 Å². The first-order valence-corrected chi connectivity index (χ1v) is 13.1. The number of rotatable bonds is 6. The van der Waals surface area contributed by atoms with Gasteiger partial charge in [0.05, 0.1) is 19.3 Å². The summed E-state index contributed by atoms with van der Waals surface area (Å²) in [6.07, 6.45) is 1.85. The highest BCUT2D eigenvalue weighted by atomic mass is 16.5. The molecule has 1 spiro atoms. The smallest absolute Gasteiger partial charge is 0.231 e. The lowest BCUT2D eigenvalue weighted by Gasteiger charge is -2.39. The highest BCUT2D eigenvalue weighted by molar-refractivity contribution is 5.66. The molecule has 0 atom stereocenters. The molecule has 3 aromatic carbocycles. The maximum atomic E-state index is 6.39. The van der Waals surface area contributed by atoms with Gasteiger partial charge in [-0.1, -0.05) is 36.4 Å². The highest BCUT2D eigenvalue weighted by Gasteiger charge is 2.42. The van der Waals surface area contributed by atoms with Gasteiger partial charge in [0.1, 0.15) is 17.4 Å². The molecule has 6 rings (SSSR count). The summed E-state index contributed by atoms with van der Waals surface area (Å²) in [6.45, 7) is 6.61. The molecule has 2 aliphatic rings. The molecular weight excluding hydrogens is 474 g/mol. The maximum Gasteiger partial charge on any atom is 0.231 e. The van der Waals surface area contributed by atoms with E-state index in [2.05, 4.69) is 71.8 Å². The molecular formula is C31H33N5O2. The van der Waals surface area contributed by atoms with E-state index in [0.29, 0.717) is 12.6 Å². The van der Waals surface area contributed by atoms with E-state index in [9.17, 15) is 0 Å². The average molecular weight is 508 g/mol. The molecule has 0 radical (unpaired) electrons. The van der Waals surface area contributed by atoms with Crippen molar-refractivity contribution in [2.24, 2.45) is 0 Å². The minimum absolute atomic E-state index is 0.190. The van der Waals surface area contributed by atoms with Gasteiger partial charge in [0.25, 0.3) is 0 Å². The topological polar surface area (TPSA) is 71.5 Å². The minimum Gasteiger partial charge on any atom is -0.497 e. The van der Waals surface area contributed by atoms with Crippen molar-refractivity contribution in [1.82, 2.24) is 9.97 Å². The van der Waals surface area contributed by atoms with Crippen LogP contribution in [0.25, 0.3) is 0 Å². The number of hydrogen-bond acceptors (Lipinski definition) is 7. The Balaban J connectivity index is 1.28. The molecule has 2 N–H and O–H groups in total. The quantitative estimate of drug-likeness (QED) is 0.304. The number of aryl methyl sites for hydroxylation is 2. The van der Waals surface area contributed by atoms with Crippen molar-refractivity contribution in [2.45, 2.75) is 38.9 Å². The Hall–Kier alpha value is -4.10. The number of fused-ring (bicyclic) bond motifs is 2. The molecule has 4 aromatic rings. The molecule has 1 fully saturated rings. The molecule has 0 unspecified atom stereocenters. The van der Waals surface area contributed by atoms with Gasteiger partial charge in [-0.05, 0) is 79.3 Å². The lowest BCUT2D eigenvalue weighted by atomic mass is 9.84. The van der Waals surface area contributed by atoms with Gasteiger partial charge >= 0.3 is 0 Å². The summed E-state index contributed by atoms with van der Waals surface area (Å²) in [4.78, 5) is 12.1. The van der Waals surface area contributed by atoms with Gasteiger partial charge in [0, 0.05) is 30.5 Å². The van der Waals surface area contributed by atoms with Crippen molar-refractivity contribution in [3.63, 3.8) is 0 Å². The van der Waals surface area contributed by atoms with E-state index in [0.717, 1.165) is 60.3 Å². The zero-order valence-electron chi connectivity index (χ0n) is 22.1. The van der Waals surface area contributed by atoms with Crippen LogP contribution in [0.5, 0.6) is 5.75 Å². The number of hydrogen-bond donors (Lipinski definition) is 2. The number of ether oxygens (including phenoxy) is 2. The van der Waals surface area contributed by atoms with Gasteiger partial charge in [-0.15, -0.1) is 0 Å². The monoisotopic (exact) mass is 507 g/mol. The fourth-order valence-electron chi connectivity index (χ4n) is 5.42. The SMILES string of the molecule is COc1ccc(Nc2nc(Nc3cc(C)ccc3C)cc(N3CCC4(CC3)OCc3ccccc34)n2)cc1. The molecule has 0 bridgehead atoms. The zero-order valence-corrected chi connectivity index (χ0v) is 22.1. The lowest BCUT2D eigenvalue weighted by molar-refractivity contribution is -0.0551. The van der Waals surface area contributed by atoms with Crippen LogP contribution in [-0.2, 0) is 16.9 Å². The number of benzene rings is 3. The normalized spacial score (nSPS) is 15.8. The Bertz CT molecular complexity index is 1450. The Labute approximate surface area is 223 Å². The van der Waals surface area contributed by atoms with E-state index in [-0.39, 0.29) is 5.60 Å². The second kappa shape index (κ2) is 9.99. The van der Waals surface area contributed by atoms with E-state index < -0.39 is 0 Å². The summed E-state index contributed by atoms with van der Waals surface area (Å²) in [6, 6.07) is 24.8. The summed E-state index contributed by atoms with van der Waals surface area (Å²) in [5.41, 5.74) is 6.77. The molecule has 0 saturated carbocycles. The van der Waals surface area contributed by atoms with Gasteiger partial charge in [-0.2, -0.15) is 9.97 Å². The number of nitrogens with zero attached hydrogens (tertiary/aromatic N) is 3. The summed E-state index contributed by atoms with van der Waals surface area (Å²) in [5, 5.41) is 6.92. The average Bonchev–Trinajstić information content (AvgIpc) is 3.29. The Morgan fingerprint density at radius 3 is 2.47 bits per heavy atom. The number of methoxy groups -OCH3 is 1. The third-order valence-corrected chi connectivity index (χ3v) is 7.62. The van der Waals surface area contributed by atoms with Crippen molar-refractivity contribution >= 4 is 29.0 Å². The Kier molecular flexibility index (Phi) is 6.37. The van der Waals surface area contributed by atoms with Crippen LogP contribution in [0, 0.1) is 13.8 Å². The number of nitrogens with one attached hydrogen (secondary N) is 2. The van der Waals surface area contributed by atoms with Gasteiger partial charge in [0.2, 0.25) is 5.95 Å². The van der Waals surface area contributed by atoms with Gasteiger partial charge < -0.3 is 25.0 Å². The second-order valence-corrected chi connectivity index (χ2v) is 10.2. The molecule has 0 amide bonds. The van der Waals surface area contributed by atoms with Gasteiger partial charge in [0.15, 0.2) is 0 Å². The predicted octanol–water partition coefficient (Wildman–Crippen LogP) is 6.62. The Morgan fingerprint density at radius 2 is 1.68 bits per heavy atom. The molecule has 1 saturated heterocycles. The van der Waals surface area contributed by atoms with E-state index in [1.54, 1.807) is 7.11 Å². The molecule has 194 valence electrons. The van der Waals surface area contributed by atoms with E-state index in [1.807, 2.05) is 30.3 Å². The third kappa shape index (κ3) is 4.77. The largest absolute Gasteiger partial charge is 0.497 e. The van der Waals surface area contributed by atoms with Crippen molar-refractivity contribution in [3.05, 3.63) is 95.1 Å². The van der Waals surface area contributed by atoms with E-state index in [4.69, 9.17) is 19.4 Å². The predicted molar refractivity (Wildman–Crippen MR) is 152 cm³/mol. The maximum absolute atomic E-state index is 6.39. The zero-order chi connectivity index (χ0) is 26.1. The van der Waals surface area contributed by atoms with Crippen LogP contribution < -0.4 is 20.3 Å². The first-order valence-electron chi connectivity index (χ1n) is 13.1.